The van der Waals surface area contributed by atoms with Gasteiger partial charge < -0.3 is 40.2 Å². The molecule has 0 aliphatic heterocycles. The average Bonchev–Trinajstić information content (AvgIpc) is 2.00. The molecule has 0 saturated heterocycles. The van der Waals surface area contributed by atoms with Crippen molar-refractivity contribution >= 4 is 15.2 Å². The van der Waals surface area contributed by atoms with E-state index in [4.69, 9.17) is 11.5 Å². The first-order valence-electron chi connectivity index (χ1n) is 4.09. The standard InChI is InChI=1S/C5H16N2O6P2.4Na/c6-4-2-1-3-5(7,14(8,9)10)15(11,12)13;;;;/h1-4,6-7H2,(H2,8,9,10)(H2,11,12,13);;;;/q;4*+1/p-4. The predicted octanol–water partition coefficient (Wildman–Crippen LogP) is -15.4. The van der Waals surface area contributed by atoms with E-state index < -0.39 is 26.6 Å². The molecule has 92 valence electrons. The second-order valence-electron chi connectivity index (χ2n) is 3.12. The topological polar surface area (TPSA) is 178 Å². The van der Waals surface area contributed by atoms with Crippen LogP contribution < -0.4 is 149 Å². The number of unbranched alkanes of at least 4 members (excludes halogenated alkanes) is 1. The molecule has 0 bridgehead atoms. The first kappa shape index (κ1) is 34.5. The van der Waals surface area contributed by atoms with Crippen molar-refractivity contribution in [2.75, 3.05) is 6.54 Å². The molecule has 0 fully saturated rings. The van der Waals surface area contributed by atoms with Gasteiger partial charge in [-0.25, -0.2) is 0 Å². The Balaban J connectivity index is -0.000000163. The van der Waals surface area contributed by atoms with Gasteiger partial charge in [0.25, 0.3) is 0 Å². The monoisotopic (exact) mass is 350 g/mol. The Labute approximate surface area is 201 Å². The summed E-state index contributed by atoms with van der Waals surface area (Å²) in [5, 5.41) is -3.24. The van der Waals surface area contributed by atoms with Crippen LogP contribution in [0.15, 0.2) is 0 Å². The fourth-order valence-corrected chi connectivity index (χ4v) is 3.02. The molecule has 0 saturated carbocycles. The number of hydrogen-bond acceptors (Lipinski definition) is 8. The van der Waals surface area contributed by atoms with Crippen molar-refractivity contribution in [1.82, 2.24) is 0 Å². The van der Waals surface area contributed by atoms with Gasteiger partial charge >= 0.3 is 118 Å². The minimum atomic E-state index is -5.70. The van der Waals surface area contributed by atoms with Crippen LogP contribution in [0.25, 0.3) is 0 Å². The van der Waals surface area contributed by atoms with Crippen molar-refractivity contribution in [3.8, 4) is 0 Å². The van der Waals surface area contributed by atoms with Crippen molar-refractivity contribution in [1.29, 1.82) is 0 Å². The number of nitrogens with two attached hydrogens (primary N) is 2. The third-order valence-electron chi connectivity index (χ3n) is 1.95. The average molecular weight is 350 g/mol. The van der Waals surface area contributed by atoms with E-state index in [9.17, 15) is 28.7 Å². The van der Waals surface area contributed by atoms with Crippen LogP contribution in [0.2, 0.25) is 0 Å². The Morgan fingerprint density at radius 2 is 1.16 bits per heavy atom. The van der Waals surface area contributed by atoms with Crippen LogP contribution in [0.4, 0.5) is 0 Å². The van der Waals surface area contributed by atoms with Gasteiger partial charge in [-0.05, 0) is 41.0 Å². The van der Waals surface area contributed by atoms with Crippen LogP contribution in [0.3, 0.4) is 0 Å². The van der Waals surface area contributed by atoms with E-state index in [0.717, 1.165) is 0 Å². The largest absolute Gasteiger partial charge is 1.00 e. The predicted molar refractivity (Wildman–Crippen MR) is 45.0 cm³/mol. The normalized spacial score (nSPS) is 11.3. The summed E-state index contributed by atoms with van der Waals surface area (Å²) in [5.41, 5.74) is 9.96. The molecule has 0 aromatic rings. The zero-order chi connectivity index (χ0) is 12.3. The molecule has 8 nitrogen and oxygen atoms in total. The van der Waals surface area contributed by atoms with Crippen LogP contribution in [-0.2, 0) is 9.13 Å². The molecule has 0 aliphatic carbocycles. The van der Waals surface area contributed by atoms with Gasteiger partial charge in [-0.15, -0.1) is 0 Å². The summed E-state index contributed by atoms with van der Waals surface area (Å²) in [6, 6.07) is 0. The molecular weight excluding hydrogens is 338 g/mol. The van der Waals surface area contributed by atoms with Crippen molar-refractivity contribution in [3.63, 3.8) is 0 Å². The van der Waals surface area contributed by atoms with Gasteiger partial charge in [-0.3, -0.25) is 0 Å². The van der Waals surface area contributed by atoms with E-state index in [-0.39, 0.29) is 138 Å². The number of rotatable bonds is 6. The van der Waals surface area contributed by atoms with E-state index in [2.05, 4.69) is 0 Å². The van der Waals surface area contributed by atoms with E-state index in [1.165, 1.54) is 0 Å². The van der Waals surface area contributed by atoms with Gasteiger partial charge in [0.1, 0.15) is 0 Å². The second kappa shape index (κ2) is 14.6. The zero-order valence-corrected chi connectivity index (χ0v) is 21.6. The Morgan fingerprint density at radius 3 is 1.37 bits per heavy atom. The van der Waals surface area contributed by atoms with E-state index in [1.807, 2.05) is 0 Å². The molecule has 0 rings (SSSR count). The van der Waals surface area contributed by atoms with Gasteiger partial charge in [-0.2, -0.15) is 0 Å². The molecule has 14 heteroatoms. The molecule has 0 spiro atoms. The van der Waals surface area contributed by atoms with Crippen LogP contribution in [0.1, 0.15) is 19.3 Å². The van der Waals surface area contributed by atoms with Gasteiger partial charge in [0.2, 0.25) is 0 Å². The smallest absolute Gasteiger partial charge is 0.809 e. The van der Waals surface area contributed by atoms with Crippen molar-refractivity contribution < 1.29 is 147 Å². The van der Waals surface area contributed by atoms with E-state index in [1.54, 1.807) is 0 Å². The second-order valence-corrected chi connectivity index (χ2v) is 7.06. The van der Waals surface area contributed by atoms with Crippen LogP contribution >= 0.6 is 15.2 Å². The van der Waals surface area contributed by atoms with Crippen LogP contribution in [0, 0.1) is 0 Å². The molecule has 4 N–H and O–H groups in total. The fraction of sp³-hybridized carbons (Fsp3) is 1.00. The summed E-state index contributed by atoms with van der Waals surface area (Å²) in [6.07, 6.45) is -0.465. The summed E-state index contributed by atoms with van der Waals surface area (Å²) < 4.78 is 21.3. The summed E-state index contributed by atoms with van der Waals surface area (Å²) >= 11 is 0. The molecular formula is C5H12N2Na4O6P2. The Kier molecular flexibility index (Phi) is 26.5. The molecule has 0 heterocycles. The first-order chi connectivity index (χ1) is 6.56. The molecule has 0 aromatic heterocycles. The van der Waals surface area contributed by atoms with E-state index >= 15 is 0 Å². The summed E-state index contributed by atoms with van der Waals surface area (Å²) in [7, 11) is -11.4. The molecule has 0 atom stereocenters. The van der Waals surface area contributed by atoms with Crippen LogP contribution in [-0.4, -0.2) is 11.6 Å². The zero-order valence-electron chi connectivity index (χ0n) is 11.8. The van der Waals surface area contributed by atoms with Gasteiger partial charge in [0.15, 0.2) is 0 Å². The summed E-state index contributed by atoms with van der Waals surface area (Å²) in [5.74, 6) is 0. The van der Waals surface area contributed by atoms with Crippen LogP contribution in [0.5, 0.6) is 0 Å². The van der Waals surface area contributed by atoms with Crippen molar-refractivity contribution in [3.05, 3.63) is 0 Å². The first-order valence-corrected chi connectivity index (χ1v) is 7.18. The third-order valence-corrected chi connectivity index (χ3v) is 5.76. The SMILES string of the molecule is NCCCCC(N)(P(=O)([O-])[O-])P(=O)([O-])[O-].[Na+].[Na+].[Na+].[Na+]. The summed E-state index contributed by atoms with van der Waals surface area (Å²) in [6.45, 7) is 0.181. The maximum absolute atomic E-state index is 10.6. The Morgan fingerprint density at radius 1 is 0.842 bits per heavy atom. The quantitative estimate of drug-likeness (QED) is 0.269. The van der Waals surface area contributed by atoms with Gasteiger partial charge in [0.05, 0.1) is 5.02 Å². The van der Waals surface area contributed by atoms with Gasteiger partial charge in [0, 0.05) is 0 Å². The molecule has 0 unspecified atom stereocenters. The van der Waals surface area contributed by atoms with Crippen molar-refractivity contribution in [2.24, 2.45) is 11.5 Å². The molecule has 0 amide bonds. The maximum Gasteiger partial charge on any atom is 1.00 e. The Hall–Kier alpha value is 4.22. The fourth-order valence-electron chi connectivity index (χ4n) is 0.953. The summed E-state index contributed by atoms with van der Waals surface area (Å²) in [4.78, 5) is 42.6. The molecule has 0 aliphatic rings. The minimum absolute atomic E-state index is 0. The third kappa shape index (κ3) is 11.4. The minimum Gasteiger partial charge on any atom is -0.809 e. The Bertz CT molecular complexity index is 288. The molecule has 19 heavy (non-hydrogen) atoms. The van der Waals surface area contributed by atoms with Crippen molar-refractivity contribution in [2.45, 2.75) is 24.3 Å². The molecule has 0 aromatic carbocycles. The van der Waals surface area contributed by atoms with E-state index in [0.29, 0.717) is 0 Å². The van der Waals surface area contributed by atoms with Gasteiger partial charge in [-0.1, -0.05) is 0 Å². The molecule has 0 radical (unpaired) electrons. The number of hydrogen-bond donors (Lipinski definition) is 2. The maximum atomic E-state index is 10.6.